The van der Waals surface area contributed by atoms with Crippen molar-refractivity contribution in [2.75, 3.05) is 25.0 Å². The molecule has 2 aliphatic rings. The number of hydrogen-bond donors (Lipinski definition) is 2. The minimum absolute atomic E-state index is 0.276. The maximum atomic E-state index is 12.5. The molecule has 5 rings (SSSR count). The van der Waals surface area contributed by atoms with E-state index in [9.17, 15) is 4.79 Å². The van der Waals surface area contributed by atoms with Crippen molar-refractivity contribution in [2.45, 2.75) is 45.2 Å². The molecule has 34 heavy (non-hydrogen) atoms. The molecule has 1 aromatic heterocycles. The third-order valence-electron chi connectivity index (χ3n) is 7.16. The number of piperidine rings is 1. The van der Waals surface area contributed by atoms with E-state index in [1.807, 2.05) is 59.3 Å². The second-order valence-corrected chi connectivity index (χ2v) is 9.57. The Morgan fingerprint density at radius 3 is 2.35 bits per heavy atom. The quantitative estimate of drug-likeness (QED) is 0.547. The zero-order chi connectivity index (χ0) is 23.7. The molecular weight excluding hydrogens is 426 g/mol. The molecule has 7 nitrogen and oxygen atoms in total. The Hall–Kier alpha value is -3.32. The van der Waals surface area contributed by atoms with E-state index in [-0.39, 0.29) is 6.04 Å². The normalized spacial score (nSPS) is 19.0. The zero-order valence-corrected chi connectivity index (χ0v) is 19.9. The number of carbonyl (C=O) groups excluding carboxylic acids is 1. The van der Waals surface area contributed by atoms with Crippen LogP contribution in [0, 0.1) is 5.92 Å². The maximum absolute atomic E-state index is 12.5. The number of fused-ring (bicyclic) bond motifs is 1. The van der Waals surface area contributed by atoms with Crippen LogP contribution < -0.4 is 15.8 Å². The van der Waals surface area contributed by atoms with Crippen LogP contribution in [-0.2, 0) is 0 Å². The molecule has 7 heteroatoms. The molecule has 2 aromatic carbocycles. The highest BCUT2D eigenvalue weighted by molar-refractivity contribution is 6.03. The highest BCUT2D eigenvalue weighted by atomic mass is 16.5. The molecule has 0 unspecified atom stereocenters. The van der Waals surface area contributed by atoms with Crippen LogP contribution in [0.2, 0.25) is 0 Å². The molecule has 178 valence electrons. The number of para-hydroxylation sites is 1. The molecule has 0 radical (unpaired) electrons. The number of amides is 1. The first-order chi connectivity index (χ1) is 16.5. The number of hydrogen-bond acceptors (Lipinski definition) is 5. The van der Waals surface area contributed by atoms with E-state index in [2.05, 4.69) is 24.1 Å². The predicted molar refractivity (Wildman–Crippen MR) is 134 cm³/mol. The standard InChI is InChI=1S/C27H33N5O2/c1-18(2)31-16-13-19(14-17-31)23-12-15-29-27-24(26(28)33)25(30-32(23)27)20-8-10-22(11-9-20)34-21-6-4-3-5-7-21/h3-11,18-19,23,29H,12-17H2,1-2H3,(H2,28,33)/t23-/m0/s1. The molecule has 3 aromatic rings. The molecule has 1 amide bonds. The van der Waals surface area contributed by atoms with Gasteiger partial charge in [-0.3, -0.25) is 4.79 Å². The molecule has 1 fully saturated rings. The molecule has 0 saturated carbocycles. The van der Waals surface area contributed by atoms with Crippen LogP contribution in [0.5, 0.6) is 11.5 Å². The lowest BCUT2D eigenvalue weighted by Gasteiger charge is -2.39. The van der Waals surface area contributed by atoms with E-state index < -0.39 is 5.91 Å². The first-order valence-electron chi connectivity index (χ1n) is 12.2. The van der Waals surface area contributed by atoms with Gasteiger partial charge in [0.15, 0.2) is 0 Å². The van der Waals surface area contributed by atoms with Crippen LogP contribution in [0.1, 0.15) is 49.5 Å². The van der Waals surface area contributed by atoms with E-state index >= 15 is 0 Å². The maximum Gasteiger partial charge on any atom is 0.254 e. The van der Waals surface area contributed by atoms with Crippen LogP contribution in [0.4, 0.5) is 5.82 Å². The Balaban J connectivity index is 1.42. The first-order valence-corrected chi connectivity index (χ1v) is 12.2. The van der Waals surface area contributed by atoms with Gasteiger partial charge in [-0.2, -0.15) is 5.10 Å². The molecule has 0 spiro atoms. The Bertz CT molecular complexity index is 1130. The molecule has 1 saturated heterocycles. The smallest absolute Gasteiger partial charge is 0.254 e. The van der Waals surface area contributed by atoms with Gasteiger partial charge in [0, 0.05) is 18.2 Å². The monoisotopic (exact) mass is 459 g/mol. The summed E-state index contributed by atoms with van der Waals surface area (Å²) in [7, 11) is 0. The third kappa shape index (κ3) is 4.40. The number of aromatic nitrogens is 2. The number of anilines is 1. The minimum Gasteiger partial charge on any atom is -0.457 e. The topological polar surface area (TPSA) is 85.4 Å². The van der Waals surface area contributed by atoms with Crippen LogP contribution in [0.25, 0.3) is 11.3 Å². The van der Waals surface area contributed by atoms with Gasteiger partial charge in [-0.15, -0.1) is 0 Å². The predicted octanol–water partition coefficient (Wildman–Crippen LogP) is 4.92. The molecular formula is C27H33N5O2. The van der Waals surface area contributed by atoms with Crippen molar-refractivity contribution >= 4 is 11.7 Å². The van der Waals surface area contributed by atoms with Gasteiger partial charge < -0.3 is 20.7 Å². The Morgan fingerprint density at radius 2 is 1.71 bits per heavy atom. The number of nitrogens with two attached hydrogens (primary N) is 1. The van der Waals surface area contributed by atoms with E-state index in [0.29, 0.717) is 23.2 Å². The van der Waals surface area contributed by atoms with E-state index in [0.717, 1.165) is 61.8 Å². The average Bonchev–Trinajstić information content (AvgIpc) is 3.25. The van der Waals surface area contributed by atoms with Crippen LogP contribution in [0.3, 0.4) is 0 Å². The number of nitrogens with one attached hydrogen (secondary N) is 1. The molecule has 1 atom stereocenters. The van der Waals surface area contributed by atoms with Crippen LogP contribution in [-0.4, -0.2) is 46.3 Å². The first kappa shape index (κ1) is 22.5. The molecule has 3 N–H and O–H groups in total. The summed E-state index contributed by atoms with van der Waals surface area (Å²) in [6, 6.07) is 18.2. The fourth-order valence-corrected chi connectivity index (χ4v) is 5.30. The van der Waals surface area contributed by atoms with E-state index in [1.165, 1.54) is 0 Å². The summed E-state index contributed by atoms with van der Waals surface area (Å²) in [5.74, 6) is 2.36. The number of carbonyl (C=O) groups is 1. The fraction of sp³-hybridized carbons (Fsp3) is 0.407. The largest absolute Gasteiger partial charge is 0.457 e. The average molecular weight is 460 g/mol. The van der Waals surface area contributed by atoms with E-state index in [1.54, 1.807) is 0 Å². The second kappa shape index (κ2) is 9.50. The van der Waals surface area contributed by atoms with Crippen molar-refractivity contribution in [3.63, 3.8) is 0 Å². The Labute approximate surface area is 200 Å². The molecule has 3 heterocycles. The lowest BCUT2D eigenvalue weighted by Crippen LogP contribution is -2.41. The van der Waals surface area contributed by atoms with Crippen molar-refractivity contribution in [3.05, 3.63) is 60.2 Å². The number of rotatable bonds is 6. The highest BCUT2D eigenvalue weighted by Gasteiger charge is 2.35. The van der Waals surface area contributed by atoms with Crippen molar-refractivity contribution in [3.8, 4) is 22.8 Å². The summed E-state index contributed by atoms with van der Waals surface area (Å²) in [6.45, 7) is 7.57. The van der Waals surface area contributed by atoms with Crippen molar-refractivity contribution in [1.29, 1.82) is 0 Å². The summed E-state index contributed by atoms with van der Waals surface area (Å²) < 4.78 is 7.96. The molecule has 0 aliphatic carbocycles. The van der Waals surface area contributed by atoms with Gasteiger partial charge in [-0.1, -0.05) is 18.2 Å². The lowest BCUT2D eigenvalue weighted by atomic mass is 9.86. The van der Waals surface area contributed by atoms with Gasteiger partial charge in [0.25, 0.3) is 5.91 Å². The van der Waals surface area contributed by atoms with Crippen molar-refractivity contribution in [1.82, 2.24) is 14.7 Å². The van der Waals surface area contributed by atoms with Gasteiger partial charge in [0.05, 0.1) is 6.04 Å². The molecule has 2 aliphatic heterocycles. The number of benzene rings is 2. The summed E-state index contributed by atoms with van der Waals surface area (Å²) in [6.07, 6.45) is 3.30. The van der Waals surface area contributed by atoms with Gasteiger partial charge in [0.1, 0.15) is 28.6 Å². The highest BCUT2D eigenvalue weighted by Crippen LogP contribution is 2.40. The van der Waals surface area contributed by atoms with E-state index in [4.69, 9.17) is 15.6 Å². The van der Waals surface area contributed by atoms with Crippen LogP contribution >= 0.6 is 0 Å². The van der Waals surface area contributed by atoms with Crippen molar-refractivity contribution < 1.29 is 9.53 Å². The number of nitrogens with zero attached hydrogens (tertiary/aromatic N) is 3. The van der Waals surface area contributed by atoms with Crippen molar-refractivity contribution in [2.24, 2.45) is 11.7 Å². The Kier molecular flexibility index (Phi) is 6.28. The number of primary amides is 1. The minimum atomic E-state index is -0.455. The zero-order valence-electron chi connectivity index (χ0n) is 19.9. The van der Waals surface area contributed by atoms with Gasteiger partial charge in [-0.05, 0) is 88.5 Å². The van der Waals surface area contributed by atoms with Gasteiger partial charge in [0.2, 0.25) is 0 Å². The molecule has 0 bridgehead atoms. The third-order valence-corrected chi connectivity index (χ3v) is 7.16. The number of likely N-dealkylation sites (tertiary alicyclic amines) is 1. The Morgan fingerprint density at radius 1 is 1.03 bits per heavy atom. The fourth-order valence-electron chi connectivity index (χ4n) is 5.30. The number of ether oxygens (including phenoxy) is 1. The SMILES string of the molecule is CC(C)N1CCC([C@@H]2CCNc3c(C(N)=O)c(-c4ccc(Oc5ccccc5)cc4)nn32)CC1. The summed E-state index contributed by atoms with van der Waals surface area (Å²) in [5, 5.41) is 8.37. The van der Waals surface area contributed by atoms with Crippen LogP contribution in [0.15, 0.2) is 54.6 Å². The van der Waals surface area contributed by atoms with Gasteiger partial charge in [-0.25, -0.2) is 4.68 Å². The lowest BCUT2D eigenvalue weighted by molar-refractivity contribution is 0.1000. The summed E-state index contributed by atoms with van der Waals surface area (Å²) >= 11 is 0. The summed E-state index contributed by atoms with van der Waals surface area (Å²) in [5.41, 5.74) is 7.82. The second-order valence-electron chi connectivity index (χ2n) is 9.57. The summed E-state index contributed by atoms with van der Waals surface area (Å²) in [4.78, 5) is 15.1. The van der Waals surface area contributed by atoms with Gasteiger partial charge >= 0.3 is 0 Å².